The van der Waals surface area contributed by atoms with Crippen molar-refractivity contribution in [1.29, 1.82) is 0 Å². The van der Waals surface area contributed by atoms with Crippen molar-refractivity contribution in [2.45, 2.75) is 25.4 Å². The van der Waals surface area contributed by atoms with Crippen LogP contribution in [-0.2, 0) is 13.0 Å². The Hall–Kier alpha value is -8.67. The average Bonchev–Trinajstić information content (AvgIpc) is 3.66. The number of ether oxygens (including phenoxy) is 1. The first kappa shape index (κ1) is 38.6. The Bertz CT molecular complexity index is 4000. The second-order valence-corrected chi connectivity index (χ2v) is 18.2. The highest BCUT2D eigenvalue weighted by Gasteiger charge is 2.30. The van der Waals surface area contributed by atoms with E-state index in [0.717, 1.165) is 79.5 Å². The molecule has 3 heterocycles. The normalized spacial score (nSPS) is 14.0. The molecule has 0 fully saturated rings. The van der Waals surface area contributed by atoms with Crippen molar-refractivity contribution in [3.05, 3.63) is 235 Å². The number of hydrogen-bond acceptors (Lipinski definition) is 4. The molecule has 320 valence electrons. The predicted molar refractivity (Wildman–Crippen MR) is 277 cm³/mol. The third-order valence-electron chi connectivity index (χ3n) is 14.4. The van der Waals surface area contributed by atoms with Gasteiger partial charge in [-0.15, -0.1) is 0 Å². The summed E-state index contributed by atoms with van der Waals surface area (Å²) in [4.78, 5) is 16.5. The van der Waals surface area contributed by atoms with Crippen molar-refractivity contribution in [2.75, 3.05) is 0 Å². The minimum absolute atomic E-state index is 0.109. The van der Waals surface area contributed by atoms with E-state index >= 15 is 0 Å². The van der Waals surface area contributed by atoms with E-state index in [-0.39, 0.29) is 5.92 Å². The molecule has 14 rings (SSSR count). The van der Waals surface area contributed by atoms with Gasteiger partial charge in [-0.3, -0.25) is 0 Å². The Morgan fingerprint density at radius 3 is 1.96 bits per heavy atom. The Morgan fingerprint density at radius 1 is 0.441 bits per heavy atom. The van der Waals surface area contributed by atoms with E-state index in [9.17, 15) is 0 Å². The van der Waals surface area contributed by atoms with Crippen molar-refractivity contribution in [2.24, 2.45) is 0 Å². The lowest BCUT2D eigenvalue weighted by Gasteiger charge is -2.27. The molecule has 1 aliphatic carbocycles. The topological polar surface area (TPSA) is 52.8 Å². The summed E-state index contributed by atoms with van der Waals surface area (Å²) in [6.45, 7) is 0.394. The van der Waals surface area contributed by atoms with Gasteiger partial charge in [-0.05, 0) is 122 Å². The van der Waals surface area contributed by atoms with Gasteiger partial charge < -0.3 is 9.30 Å². The van der Waals surface area contributed by atoms with Gasteiger partial charge in [-0.1, -0.05) is 158 Å². The fraction of sp³-hybridized carbons (Fsp3) is 0.0635. The van der Waals surface area contributed by atoms with Gasteiger partial charge in [-0.25, -0.2) is 15.0 Å². The number of para-hydroxylation sites is 4. The van der Waals surface area contributed by atoms with Crippen LogP contribution in [0.4, 0.5) is 0 Å². The van der Waals surface area contributed by atoms with Crippen LogP contribution >= 0.6 is 0 Å². The highest BCUT2D eigenvalue weighted by Crippen LogP contribution is 2.48. The number of aryl methyl sites for hydroxylation is 1. The molecular weight excluding hydrogens is 829 g/mol. The number of fused-ring (bicyclic) bond motifs is 11. The largest absolute Gasteiger partial charge is 0.488 e. The van der Waals surface area contributed by atoms with Crippen molar-refractivity contribution < 1.29 is 4.74 Å². The number of hydrogen-bond donors (Lipinski definition) is 0. The minimum atomic E-state index is 0.109. The van der Waals surface area contributed by atoms with Crippen molar-refractivity contribution in [3.63, 3.8) is 0 Å². The van der Waals surface area contributed by atoms with E-state index in [1.165, 1.54) is 49.4 Å². The number of nitrogens with zero attached hydrogens (tertiary/aromatic N) is 4. The fourth-order valence-corrected chi connectivity index (χ4v) is 11.2. The van der Waals surface area contributed by atoms with Crippen LogP contribution in [0.3, 0.4) is 0 Å². The summed E-state index contributed by atoms with van der Waals surface area (Å²) in [5.74, 6) is 2.85. The predicted octanol–water partition coefficient (Wildman–Crippen LogP) is 15.6. The first-order valence-electron chi connectivity index (χ1n) is 23.5. The standard InChI is InChI=1S/C63H42N4O/c1-2-19-46(20-3-1)67-58-27-12-10-23-50(58)52-25-14-26-53(60(52)67)62-64-61(44-30-29-39-15-4-5-16-40(39)34-44)65-63(66-62)56-37-45(36-55-51-24-11-13-28-59(51)68-38-57(55)56)47-32-31-43-33-41-17-6-7-18-42(41)35-54(43)49-22-9-8-21-48(47)49/h1-30,33-37,47H,31-32,38H2. The first-order chi connectivity index (χ1) is 33.7. The lowest BCUT2D eigenvalue weighted by Crippen LogP contribution is -2.12. The average molecular weight is 871 g/mol. The van der Waals surface area contributed by atoms with E-state index in [1.807, 2.05) is 0 Å². The van der Waals surface area contributed by atoms with Gasteiger partial charge >= 0.3 is 0 Å². The van der Waals surface area contributed by atoms with Gasteiger partial charge in [0.2, 0.25) is 0 Å². The molecule has 0 N–H and O–H groups in total. The van der Waals surface area contributed by atoms with Crippen molar-refractivity contribution in [1.82, 2.24) is 19.5 Å². The lowest BCUT2D eigenvalue weighted by molar-refractivity contribution is 0.303. The molecule has 0 saturated carbocycles. The third kappa shape index (κ3) is 6.20. The molecule has 1 aliphatic heterocycles. The SMILES string of the molecule is c1ccc(-n2c3ccccc3c3cccc(-c4nc(-c5ccc6ccccc6c5)nc(-c5cc(C6CCc7cc8ccccc8cc7-c7ccccc76)cc6c5COc5ccccc5-6)n4)c32)cc1. The highest BCUT2D eigenvalue weighted by molar-refractivity contribution is 6.13. The van der Waals surface area contributed by atoms with Gasteiger partial charge in [0, 0.05) is 50.2 Å². The molecule has 10 aromatic carbocycles. The van der Waals surface area contributed by atoms with Gasteiger partial charge in [-0.2, -0.15) is 0 Å². The summed E-state index contributed by atoms with van der Waals surface area (Å²) in [5, 5.41) is 7.15. The fourth-order valence-electron chi connectivity index (χ4n) is 11.2. The molecule has 0 spiro atoms. The van der Waals surface area contributed by atoms with Gasteiger partial charge in [0.05, 0.1) is 11.0 Å². The molecule has 0 radical (unpaired) electrons. The molecule has 5 nitrogen and oxygen atoms in total. The summed E-state index contributed by atoms with van der Waals surface area (Å²) < 4.78 is 8.97. The second kappa shape index (κ2) is 15.5. The molecule has 12 aromatic rings. The Balaban J connectivity index is 1.03. The van der Waals surface area contributed by atoms with Crippen LogP contribution in [0.25, 0.3) is 105 Å². The van der Waals surface area contributed by atoms with E-state index < -0.39 is 0 Å². The van der Waals surface area contributed by atoms with Crippen LogP contribution in [0.5, 0.6) is 5.75 Å². The zero-order valence-electron chi connectivity index (χ0n) is 37.1. The minimum Gasteiger partial charge on any atom is -0.488 e. The molecule has 1 atom stereocenters. The first-order valence-corrected chi connectivity index (χ1v) is 23.5. The zero-order chi connectivity index (χ0) is 44.7. The smallest absolute Gasteiger partial charge is 0.166 e. The van der Waals surface area contributed by atoms with Crippen molar-refractivity contribution in [3.8, 4) is 67.9 Å². The molecule has 68 heavy (non-hydrogen) atoms. The maximum atomic E-state index is 6.61. The van der Waals surface area contributed by atoms with Crippen LogP contribution in [0.15, 0.2) is 212 Å². The van der Waals surface area contributed by atoms with E-state index in [4.69, 9.17) is 19.7 Å². The third-order valence-corrected chi connectivity index (χ3v) is 14.4. The summed E-state index contributed by atoms with van der Waals surface area (Å²) in [7, 11) is 0. The monoisotopic (exact) mass is 870 g/mol. The zero-order valence-corrected chi connectivity index (χ0v) is 37.1. The molecule has 5 heteroatoms. The van der Waals surface area contributed by atoms with Crippen LogP contribution < -0.4 is 4.74 Å². The molecule has 0 amide bonds. The lowest BCUT2D eigenvalue weighted by atomic mass is 9.81. The highest BCUT2D eigenvalue weighted by atomic mass is 16.5. The van der Waals surface area contributed by atoms with Crippen LogP contribution in [0.2, 0.25) is 0 Å². The van der Waals surface area contributed by atoms with Gasteiger partial charge in [0.25, 0.3) is 0 Å². The Labute approximate surface area is 393 Å². The molecule has 1 unspecified atom stereocenters. The Morgan fingerprint density at radius 2 is 1.09 bits per heavy atom. The molecule has 0 saturated heterocycles. The Kier molecular flexibility index (Phi) is 8.78. The molecule has 2 aliphatic rings. The number of rotatable bonds is 5. The number of benzene rings is 10. The van der Waals surface area contributed by atoms with Gasteiger partial charge in [0.15, 0.2) is 17.5 Å². The number of aromatic nitrogens is 4. The maximum Gasteiger partial charge on any atom is 0.166 e. The second-order valence-electron chi connectivity index (χ2n) is 18.2. The van der Waals surface area contributed by atoms with E-state index in [2.05, 4.69) is 217 Å². The molecular formula is C63H42N4O. The van der Waals surface area contributed by atoms with Crippen LogP contribution in [0, 0.1) is 0 Å². The quantitative estimate of drug-likeness (QED) is 0.173. The van der Waals surface area contributed by atoms with E-state index in [0.29, 0.717) is 24.1 Å². The summed E-state index contributed by atoms with van der Waals surface area (Å²) in [6, 6.07) is 76.6. The van der Waals surface area contributed by atoms with Crippen molar-refractivity contribution >= 4 is 43.4 Å². The molecule has 2 aromatic heterocycles. The summed E-state index contributed by atoms with van der Waals surface area (Å²) >= 11 is 0. The van der Waals surface area contributed by atoms with Crippen LogP contribution in [-0.4, -0.2) is 19.5 Å². The summed E-state index contributed by atoms with van der Waals surface area (Å²) in [6.07, 6.45) is 1.91. The summed E-state index contributed by atoms with van der Waals surface area (Å²) in [5.41, 5.74) is 16.0. The maximum absolute atomic E-state index is 6.61. The van der Waals surface area contributed by atoms with E-state index in [1.54, 1.807) is 0 Å². The van der Waals surface area contributed by atoms with Gasteiger partial charge in [0.1, 0.15) is 12.4 Å². The molecule has 0 bridgehead atoms. The van der Waals surface area contributed by atoms with Crippen LogP contribution in [0.1, 0.15) is 34.6 Å².